The predicted molar refractivity (Wildman–Crippen MR) is 76.4 cm³/mol. The maximum absolute atomic E-state index is 14.0. The number of alkyl halides is 5. The zero-order chi connectivity index (χ0) is 19.0. The molecule has 0 aromatic carbocycles. The van der Waals surface area contributed by atoms with Crippen molar-refractivity contribution in [2.24, 2.45) is 0 Å². The highest BCUT2D eigenvalue weighted by Crippen LogP contribution is 2.34. The number of rotatable bonds is 2. The molecule has 0 N–H and O–H groups in total. The minimum absolute atomic E-state index is 0.528. The van der Waals surface area contributed by atoms with Crippen LogP contribution in [0.3, 0.4) is 0 Å². The second-order valence-corrected chi connectivity index (χ2v) is 6.61. The minimum atomic E-state index is -4.65. The zero-order valence-electron chi connectivity index (χ0n) is 13.7. The van der Waals surface area contributed by atoms with Crippen molar-refractivity contribution < 1.29 is 36.2 Å². The third-order valence-electron chi connectivity index (χ3n) is 3.24. The quantitative estimate of drug-likeness (QED) is 0.747. The molecule has 0 bridgehead atoms. The van der Waals surface area contributed by atoms with Crippen LogP contribution in [0, 0.1) is 0 Å². The SMILES string of the molecule is CC(C)(C)OC(=O)N1CC(Oc2cc(C(F)(F)F)ccn2)C(F)(F)C1. The average molecular weight is 368 g/mol. The van der Waals surface area contributed by atoms with E-state index in [-0.39, 0.29) is 0 Å². The first-order valence-corrected chi connectivity index (χ1v) is 7.33. The van der Waals surface area contributed by atoms with Crippen LogP contribution in [0.5, 0.6) is 5.88 Å². The van der Waals surface area contributed by atoms with Gasteiger partial charge in [0.2, 0.25) is 5.88 Å². The van der Waals surface area contributed by atoms with E-state index in [9.17, 15) is 26.7 Å². The topological polar surface area (TPSA) is 51.7 Å². The molecule has 0 radical (unpaired) electrons. The molecule has 1 aromatic heterocycles. The van der Waals surface area contributed by atoms with E-state index in [1.54, 1.807) is 20.8 Å². The maximum Gasteiger partial charge on any atom is 0.416 e. The number of nitrogens with zero attached hydrogens (tertiary/aromatic N) is 2. The van der Waals surface area contributed by atoms with E-state index in [4.69, 9.17) is 9.47 Å². The third-order valence-corrected chi connectivity index (χ3v) is 3.24. The van der Waals surface area contributed by atoms with Crippen molar-refractivity contribution in [1.29, 1.82) is 0 Å². The highest BCUT2D eigenvalue weighted by molar-refractivity contribution is 5.68. The van der Waals surface area contributed by atoms with Crippen LogP contribution >= 0.6 is 0 Å². The van der Waals surface area contributed by atoms with Crippen LogP contribution in [-0.4, -0.2) is 46.7 Å². The first-order chi connectivity index (χ1) is 11.3. The Balaban J connectivity index is 2.11. The zero-order valence-corrected chi connectivity index (χ0v) is 13.7. The first kappa shape index (κ1) is 19.2. The molecule has 1 saturated heterocycles. The molecule has 25 heavy (non-hydrogen) atoms. The summed E-state index contributed by atoms with van der Waals surface area (Å²) < 4.78 is 76.0. The summed E-state index contributed by atoms with van der Waals surface area (Å²) in [4.78, 5) is 16.2. The Morgan fingerprint density at radius 3 is 2.52 bits per heavy atom. The van der Waals surface area contributed by atoms with Gasteiger partial charge in [0, 0.05) is 12.3 Å². The number of hydrogen-bond acceptors (Lipinski definition) is 4. The standard InChI is InChI=1S/C15H17F5N2O3/c1-13(2,3)25-12(23)22-7-10(14(16,17)8-22)24-11-6-9(4-5-21-11)15(18,19)20/h4-6,10H,7-8H2,1-3H3. The fraction of sp³-hybridized carbons (Fsp3) is 0.600. The summed E-state index contributed by atoms with van der Waals surface area (Å²) in [5.41, 5.74) is -1.93. The van der Waals surface area contributed by atoms with Gasteiger partial charge in [-0.1, -0.05) is 0 Å². The molecule has 5 nitrogen and oxygen atoms in total. The molecule has 2 rings (SSSR count). The van der Waals surface area contributed by atoms with Gasteiger partial charge in [-0.05, 0) is 26.8 Å². The lowest BCUT2D eigenvalue weighted by molar-refractivity contribution is -0.137. The maximum atomic E-state index is 14.0. The molecular weight excluding hydrogens is 351 g/mol. The van der Waals surface area contributed by atoms with Gasteiger partial charge in [-0.15, -0.1) is 0 Å². The van der Waals surface area contributed by atoms with Gasteiger partial charge in [0.05, 0.1) is 18.7 Å². The van der Waals surface area contributed by atoms with Crippen molar-refractivity contribution in [2.75, 3.05) is 13.1 Å². The van der Waals surface area contributed by atoms with Crippen molar-refractivity contribution in [3.8, 4) is 5.88 Å². The third kappa shape index (κ3) is 4.93. The summed E-state index contributed by atoms with van der Waals surface area (Å²) in [7, 11) is 0. The summed E-state index contributed by atoms with van der Waals surface area (Å²) in [6.07, 6.45) is -6.61. The second-order valence-electron chi connectivity index (χ2n) is 6.61. The normalized spacial score (nSPS) is 20.5. The summed E-state index contributed by atoms with van der Waals surface area (Å²) in [5, 5.41) is 0. The first-order valence-electron chi connectivity index (χ1n) is 7.33. The van der Waals surface area contributed by atoms with E-state index in [2.05, 4.69) is 4.98 Å². The number of carbonyl (C=O) groups is 1. The fourth-order valence-electron chi connectivity index (χ4n) is 2.14. The van der Waals surface area contributed by atoms with Gasteiger partial charge in [0.25, 0.3) is 0 Å². The van der Waals surface area contributed by atoms with E-state index in [0.717, 1.165) is 11.1 Å². The number of pyridine rings is 1. The van der Waals surface area contributed by atoms with Crippen molar-refractivity contribution in [1.82, 2.24) is 9.88 Å². The Bertz CT molecular complexity index is 643. The number of amides is 1. The van der Waals surface area contributed by atoms with Gasteiger partial charge < -0.3 is 9.47 Å². The van der Waals surface area contributed by atoms with E-state index in [1.165, 1.54) is 0 Å². The van der Waals surface area contributed by atoms with Crippen molar-refractivity contribution in [3.63, 3.8) is 0 Å². The lowest BCUT2D eigenvalue weighted by atomic mass is 10.2. The molecule has 0 aliphatic carbocycles. The average Bonchev–Trinajstić information content (AvgIpc) is 2.72. The molecule has 1 aromatic rings. The van der Waals surface area contributed by atoms with E-state index in [1.807, 2.05) is 0 Å². The molecule has 1 amide bonds. The second kappa shape index (κ2) is 6.30. The summed E-state index contributed by atoms with van der Waals surface area (Å²) in [6, 6.07) is 1.23. The van der Waals surface area contributed by atoms with Crippen LogP contribution in [0.2, 0.25) is 0 Å². The van der Waals surface area contributed by atoms with E-state index >= 15 is 0 Å². The molecule has 140 valence electrons. The predicted octanol–water partition coefficient (Wildman–Crippen LogP) is 3.73. The van der Waals surface area contributed by atoms with Crippen LogP contribution in [0.1, 0.15) is 26.3 Å². The van der Waals surface area contributed by atoms with Crippen LogP contribution in [0.15, 0.2) is 18.3 Å². The number of ether oxygens (including phenoxy) is 2. The Morgan fingerprint density at radius 2 is 1.96 bits per heavy atom. The van der Waals surface area contributed by atoms with Crippen molar-refractivity contribution in [2.45, 2.75) is 44.6 Å². The number of hydrogen-bond donors (Lipinski definition) is 0. The van der Waals surface area contributed by atoms with Gasteiger partial charge in [-0.2, -0.15) is 13.2 Å². The highest BCUT2D eigenvalue weighted by Gasteiger charge is 2.52. The Kier molecular flexibility index (Phi) is 4.84. The minimum Gasteiger partial charge on any atom is -0.466 e. The lowest BCUT2D eigenvalue weighted by Gasteiger charge is -2.24. The van der Waals surface area contributed by atoms with Crippen LogP contribution in [0.4, 0.5) is 26.7 Å². The molecule has 1 unspecified atom stereocenters. The Morgan fingerprint density at radius 1 is 1.32 bits per heavy atom. The van der Waals surface area contributed by atoms with Crippen molar-refractivity contribution in [3.05, 3.63) is 23.9 Å². The summed E-state index contributed by atoms with van der Waals surface area (Å²) >= 11 is 0. The fourth-order valence-corrected chi connectivity index (χ4v) is 2.14. The molecular formula is C15H17F5N2O3. The number of carbonyl (C=O) groups excluding carboxylic acids is 1. The molecule has 1 aliphatic heterocycles. The molecule has 1 aliphatic rings. The largest absolute Gasteiger partial charge is 0.466 e. The summed E-state index contributed by atoms with van der Waals surface area (Å²) in [6.45, 7) is 3.27. The van der Waals surface area contributed by atoms with Crippen LogP contribution in [0.25, 0.3) is 0 Å². The van der Waals surface area contributed by atoms with Gasteiger partial charge in [0.15, 0.2) is 6.10 Å². The highest BCUT2D eigenvalue weighted by atomic mass is 19.4. The Labute approximate surface area is 140 Å². The lowest BCUT2D eigenvalue weighted by Crippen LogP contribution is -2.36. The number of halogens is 5. The van der Waals surface area contributed by atoms with E-state index in [0.29, 0.717) is 12.1 Å². The van der Waals surface area contributed by atoms with Gasteiger partial charge in [-0.3, -0.25) is 4.90 Å². The number of likely N-dealkylation sites (tertiary alicyclic amines) is 1. The number of aromatic nitrogens is 1. The summed E-state index contributed by atoms with van der Waals surface area (Å²) in [5.74, 6) is -4.04. The van der Waals surface area contributed by atoms with Crippen molar-refractivity contribution >= 4 is 6.09 Å². The molecule has 10 heteroatoms. The van der Waals surface area contributed by atoms with Crippen LogP contribution < -0.4 is 4.74 Å². The molecule has 0 saturated carbocycles. The van der Waals surface area contributed by atoms with Crippen LogP contribution in [-0.2, 0) is 10.9 Å². The van der Waals surface area contributed by atoms with E-state index < -0.39 is 54.4 Å². The Hall–Kier alpha value is -2.13. The van der Waals surface area contributed by atoms with Gasteiger partial charge in [-0.25, -0.2) is 18.6 Å². The molecule has 0 spiro atoms. The van der Waals surface area contributed by atoms with Gasteiger partial charge >= 0.3 is 18.2 Å². The smallest absolute Gasteiger partial charge is 0.416 e. The molecule has 1 atom stereocenters. The molecule has 2 heterocycles. The monoisotopic (exact) mass is 368 g/mol. The van der Waals surface area contributed by atoms with Gasteiger partial charge in [0.1, 0.15) is 5.60 Å². The molecule has 1 fully saturated rings.